The van der Waals surface area contributed by atoms with Gasteiger partial charge in [-0.3, -0.25) is 4.79 Å². The number of carbonyl (C=O) groups excluding carboxylic acids is 1. The van der Waals surface area contributed by atoms with Gasteiger partial charge in [0.05, 0.1) is 6.61 Å². The van der Waals surface area contributed by atoms with Gasteiger partial charge in [-0.1, -0.05) is 34.1 Å². The van der Waals surface area contributed by atoms with Crippen LogP contribution < -0.4 is 14.8 Å². The maximum absolute atomic E-state index is 12.1. The van der Waals surface area contributed by atoms with E-state index in [9.17, 15) is 4.79 Å². The van der Waals surface area contributed by atoms with Gasteiger partial charge in [0.1, 0.15) is 11.5 Å². The summed E-state index contributed by atoms with van der Waals surface area (Å²) in [4.78, 5) is 12.1. The van der Waals surface area contributed by atoms with E-state index in [2.05, 4.69) is 27.3 Å². The zero-order valence-electron chi connectivity index (χ0n) is 14.6. The van der Waals surface area contributed by atoms with Gasteiger partial charge in [-0.15, -0.1) is 0 Å². The molecule has 1 N–H and O–H groups in total. The molecule has 25 heavy (non-hydrogen) atoms. The average Bonchev–Trinajstić information content (AvgIpc) is 2.62. The highest BCUT2D eigenvalue weighted by molar-refractivity contribution is 9.10. The Balaban J connectivity index is 1.74. The van der Waals surface area contributed by atoms with Crippen molar-refractivity contribution in [1.82, 2.24) is 5.32 Å². The van der Waals surface area contributed by atoms with Gasteiger partial charge >= 0.3 is 0 Å². The van der Waals surface area contributed by atoms with Crippen molar-refractivity contribution in [2.24, 2.45) is 0 Å². The topological polar surface area (TPSA) is 47.6 Å². The molecule has 134 valence electrons. The van der Waals surface area contributed by atoms with Crippen LogP contribution in [-0.4, -0.2) is 25.2 Å². The lowest BCUT2D eigenvalue weighted by molar-refractivity contribution is -0.127. The Morgan fingerprint density at radius 2 is 1.88 bits per heavy atom. The minimum Gasteiger partial charge on any atom is -0.494 e. The van der Waals surface area contributed by atoms with Gasteiger partial charge in [-0.25, -0.2) is 0 Å². The van der Waals surface area contributed by atoms with E-state index in [1.54, 1.807) is 6.92 Å². The third-order valence-electron chi connectivity index (χ3n) is 3.69. The maximum Gasteiger partial charge on any atom is 0.260 e. The zero-order valence-corrected chi connectivity index (χ0v) is 16.2. The fourth-order valence-corrected chi connectivity index (χ4v) is 2.68. The van der Waals surface area contributed by atoms with Crippen molar-refractivity contribution < 1.29 is 14.3 Å². The molecule has 2 rings (SSSR count). The summed E-state index contributed by atoms with van der Waals surface area (Å²) in [5.41, 5.74) is 1.16. The minimum atomic E-state index is -0.531. The Bertz CT molecular complexity index is 673. The first-order valence-electron chi connectivity index (χ1n) is 8.50. The number of benzene rings is 2. The number of aryl methyl sites for hydroxylation is 1. The van der Waals surface area contributed by atoms with E-state index >= 15 is 0 Å². The predicted molar refractivity (Wildman–Crippen MR) is 103 cm³/mol. The minimum absolute atomic E-state index is 0.110. The first kappa shape index (κ1) is 19.3. The molecule has 0 bridgehead atoms. The van der Waals surface area contributed by atoms with Crippen LogP contribution in [0, 0.1) is 0 Å². The van der Waals surface area contributed by atoms with Gasteiger partial charge in [0.25, 0.3) is 5.91 Å². The van der Waals surface area contributed by atoms with Crippen LogP contribution in [0.15, 0.2) is 53.0 Å². The number of carbonyl (C=O) groups is 1. The van der Waals surface area contributed by atoms with Crippen LogP contribution in [0.4, 0.5) is 0 Å². The Morgan fingerprint density at radius 3 is 2.60 bits per heavy atom. The Hall–Kier alpha value is -2.01. The zero-order chi connectivity index (χ0) is 18.1. The van der Waals surface area contributed by atoms with E-state index in [-0.39, 0.29) is 5.91 Å². The monoisotopic (exact) mass is 405 g/mol. The maximum atomic E-state index is 12.1. The summed E-state index contributed by atoms with van der Waals surface area (Å²) < 4.78 is 12.2. The van der Waals surface area contributed by atoms with Crippen LogP contribution in [0.25, 0.3) is 0 Å². The molecule has 0 saturated heterocycles. The lowest BCUT2D eigenvalue weighted by Gasteiger charge is -2.15. The van der Waals surface area contributed by atoms with E-state index in [1.807, 2.05) is 49.4 Å². The fourth-order valence-electron chi connectivity index (χ4n) is 2.41. The molecule has 4 nitrogen and oxygen atoms in total. The lowest BCUT2D eigenvalue weighted by atomic mass is 10.1. The molecular formula is C20H24BrNO3. The number of hydrogen-bond acceptors (Lipinski definition) is 3. The smallest absolute Gasteiger partial charge is 0.260 e. The van der Waals surface area contributed by atoms with Crippen LogP contribution >= 0.6 is 15.9 Å². The molecule has 0 heterocycles. The highest BCUT2D eigenvalue weighted by Gasteiger charge is 2.14. The largest absolute Gasteiger partial charge is 0.494 e. The third-order valence-corrected chi connectivity index (χ3v) is 4.22. The number of halogens is 1. The molecule has 1 unspecified atom stereocenters. The number of para-hydroxylation sites is 1. The number of hydrogen-bond donors (Lipinski definition) is 1. The van der Waals surface area contributed by atoms with Crippen molar-refractivity contribution in [2.45, 2.75) is 32.8 Å². The van der Waals surface area contributed by atoms with Gasteiger partial charge in [-0.2, -0.15) is 0 Å². The van der Waals surface area contributed by atoms with Gasteiger partial charge in [0.2, 0.25) is 0 Å². The average molecular weight is 406 g/mol. The summed E-state index contributed by atoms with van der Waals surface area (Å²) in [6, 6.07) is 15.4. The normalized spacial score (nSPS) is 11.6. The van der Waals surface area contributed by atoms with Crippen molar-refractivity contribution in [3.8, 4) is 11.5 Å². The second-order valence-electron chi connectivity index (χ2n) is 5.65. The SMILES string of the molecule is CCOc1ccccc1CCCNC(=O)C(C)Oc1ccc(Br)cc1. The summed E-state index contributed by atoms with van der Waals surface area (Å²) in [5.74, 6) is 1.49. The molecular weight excluding hydrogens is 382 g/mol. The van der Waals surface area contributed by atoms with E-state index in [4.69, 9.17) is 9.47 Å². The molecule has 0 aliphatic carbocycles. The van der Waals surface area contributed by atoms with Gasteiger partial charge in [-0.05, 0) is 62.6 Å². The van der Waals surface area contributed by atoms with Crippen LogP contribution in [0.5, 0.6) is 11.5 Å². The van der Waals surface area contributed by atoms with Gasteiger partial charge in [0.15, 0.2) is 6.10 Å². The predicted octanol–water partition coefficient (Wildman–Crippen LogP) is 4.36. The number of rotatable bonds is 9. The van der Waals surface area contributed by atoms with Crippen LogP contribution in [0.3, 0.4) is 0 Å². The molecule has 0 fully saturated rings. The quantitative estimate of drug-likeness (QED) is 0.630. The molecule has 0 aromatic heterocycles. The summed E-state index contributed by atoms with van der Waals surface area (Å²) in [5, 5.41) is 2.92. The molecule has 0 saturated carbocycles. The fraction of sp³-hybridized carbons (Fsp3) is 0.350. The molecule has 5 heteroatoms. The molecule has 1 atom stereocenters. The second-order valence-corrected chi connectivity index (χ2v) is 6.56. The van der Waals surface area contributed by atoms with Crippen molar-refractivity contribution in [3.63, 3.8) is 0 Å². The van der Waals surface area contributed by atoms with Gasteiger partial charge < -0.3 is 14.8 Å². The van der Waals surface area contributed by atoms with Crippen molar-refractivity contribution in [1.29, 1.82) is 0 Å². The number of ether oxygens (including phenoxy) is 2. The summed E-state index contributed by atoms with van der Waals surface area (Å²) in [7, 11) is 0. The molecule has 0 aliphatic heterocycles. The highest BCUT2D eigenvalue weighted by atomic mass is 79.9. The molecule has 0 aliphatic rings. The third kappa shape index (κ3) is 6.42. The molecule has 2 aromatic carbocycles. The Labute approximate surface area is 157 Å². The first-order chi connectivity index (χ1) is 12.1. The Morgan fingerprint density at radius 1 is 1.16 bits per heavy atom. The molecule has 0 radical (unpaired) electrons. The Kier molecular flexibility index (Phi) is 7.79. The van der Waals surface area contributed by atoms with E-state index in [0.29, 0.717) is 18.9 Å². The van der Waals surface area contributed by atoms with Crippen molar-refractivity contribution in [2.75, 3.05) is 13.2 Å². The lowest BCUT2D eigenvalue weighted by Crippen LogP contribution is -2.36. The number of amides is 1. The van der Waals surface area contributed by atoms with Crippen LogP contribution in [-0.2, 0) is 11.2 Å². The van der Waals surface area contributed by atoms with Crippen LogP contribution in [0.1, 0.15) is 25.8 Å². The second kappa shape index (κ2) is 10.1. The first-order valence-corrected chi connectivity index (χ1v) is 9.30. The summed E-state index contributed by atoms with van der Waals surface area (Å²) in [6.07, 6.45) is 1.18. The van der Waals surface area contributed by atoms with Crippen LogP contribution in [0.2, 0.25) is 0 Å². The van der Waals surface area contributed by atoms with E-state index in [0.717, 1.165) is 28.6 Å². The standard InChI is InChI=1S/C20H24BrNO3/c1-3-24-19-9-5-4-7-16(19)8-6-14-22-20(23)15(2)25-18-12-10-17(21)11-13-18/h4-5,7,9-13,15H,3,6,8,14H2,1-2H3,(H,22,23). The number of nitrogens with one attached hydrogen (secondary N) is 1. The summed E-state index contributed by atoms with van der Waals surface area (Å²) in [6.45, 7) is 4.98. The highest BCUT2D eigenvalue weighted by Crippen LogP contribution is 2.19. The van der Waals surface area contributed by atoms with E-state index < -0.39 is 6.10 Å². The molecule has 1 amide bonds. The summed E-state index contributed by atoms with van der Waals surface area (Å²) >= 11 is 3.37. The molecule has 0 spiro atoms. The van der Waals surface area contributed by atoms with Crippen molar-refractivity contribution >= 4 is 21.8 Å². The van der Waals surface area contributed by atoms with E-state index in [1.165, 1.54) is 0 Å². The van der Waals surface area contributed by atoms with Gasteiger partial charge in [0, 0.05) is 11.0 Å². The molecule has 2 aromatic rings. The van der Waals surface area contributed by atoms with Crippen molar-refractivity contribution in [3.05, 3.63) is 58.6 Å².